The Morgan fingerprint density at radius 2 is 1.44 bits per heavy atom. The molecule has 9 heteroatoms. The van der Waals surface area contributed by atoms with Crippen LogP contribution in [0.25, 0.3) is 27.6 Å². The zero-order valence-electron chi connectivity index (χ0n) is 21.8. The largest absolute Gasteiger partial charge is 0.348 e. The molecule has 4 aromatic carbocycles. The summed E-state index contributed by atoms with van der Waals surface area (Å²) in [6.45, 7) is 0.380. The Kier molecular flexibility index (Phi) is 7.42. The molecule has 41 heavy (non-hydrogen) atoms. The summed E-state index contributed by atoms with van der Waals surface area (Å²) in [6, 6.07) is 35.8. The van der Waals surface area contributed by atoms with E-state index in [9.17, 15) is 9.59 Å². The van der Waals surface area contributed by atoms with Crippen molar-refractivity contribution in [1.29, 1.82) is 0 Å². The van der Waals surface area contributed by atoms with Crippen LogP contribution in [-0.2, 0) is 6.54 Å². The van der Waals surface area contributed by atoms with Crippen LogP contribution in [0.15, 0.2) is 136 Å². The van der Waals surface area contributed by atoms with Crippen molar-refractivity contribution in [2.75, 3.05) is 0 Å². The molecule has 6 rings (SSSR count). The van der Waals surface area contributed by atoms with Crippen LogP contribution in [0, 0.1) is 0 Å². The number of benzene rings is 4. The first-order valence-electron chi connectivity index (χ1n) is 12.9. The molecule has 0 bridgehead atoms. The van der Waals surface area contributed by atoms with Gasteiger partial charge in [0.05, 0.1) is 22.6 Å². The van der Waals surface area contributed by atoms with E-state index in [1.807, 2.05) is 96.4 Å². The highest BCUT2D eigenvalue weighted by Crippen LogP contribution is 2.30. The van der Waals surface area contributed by atoms with E-state index in [-0.39, 0.29) is 11.6 Å². The molecule has 0 radical (unpaired) electrons. The number of hydrogen-bond donors (Lipinski definition) is 2. The predicted molar refractivity (Wildman–Crippen MR) is 161 cm³/mol. The minimum Gasteiger partial charge on any atom is -0.348 e. The van der Waals surface area contributed by atoms with Crippen molar-refractivity contribution in [2.24, 2.45) is 10.2 Å². The van der Waals surface area contributed by atoms with Gasteiger partial charge < -0.3 is 5.32 Å². The minimum absolute atomic E-state index is 0.118. The van der Waals surface area contributed by atoms with E-state index < -0.39 is 5.56 Å². The molecule has 2 N–H and O–H groups in total. The number of thiazole rings is 1. The molecular formula is C32H24N6O2S. The summed E-state index contributed by atoms with van der Waals surface area (Å²) < 4.78 is 1.38. The number of amides is 1. The summed E-state index contributed by atoms with van der Waals surface area (Å²) in [7, 11) is 0. The van der Waals surface area contributed by atoms with E-state index in [0.717, 1.165) is 22.4 Å². The molecule has 200 valence electrons. The molecule has 0 spiro atoms. The van der Waals surface area contributed by atoms with Crippen molar-refractivity contribution in [2.45, 2.75) is 6.54 Å². The third-order valence-corrected chi connectivity index (χ3v) is 7.21. The fraction of sp³-hybridized carbons (Fsp3) is 0.0312. The zero-order chi connectivity index (χ0) is 28.0. The molecule has 0 fully saturated rings. The van der Waals surface area contributed by atoms with Gasteiger partial charge in [-0.15, -0.1) is 21.6 Å². The summed E-state index contributed by atoms with van der Waals surface area (Å²) in [5, 5.41) is 17.2. The van der Waals surface area contributed by atoms with E-state index in [2.05, 4.69) is 25.6 Å². The summed E-state index contributed by atoms with van der Waals surface area (Å²) >= 11 is 1.35. The Morgan fingerprint density at radius 1 is 0.805 bits per heavy atom. The summed E-state index contributed by atoms with van der Waals surface area (Å²) in [5.74, 6) is -0.283. The molecule has 0 unspecified atom stereocenters. The summed E-state index contributed by atoms with van der Waals surface area (Å²) in [4.78, 5) is 31.4. The number of nitrogens with one attached hydrogen (secondary N) is 2. The molecule has 0 aliphatic rings. The van der Waals surface area contributed by atoms with Crippen molar-refractivity contribution in [3.8, 4) is 27.6 Å². The quantitative estimate of drug-likeness (QED) is 0.192. The SMILES string of the molecule is O=C(NCc1ccccc1)c1ccccc1N=Nc1c(-c2ccccc2)[nH]n(-c2nc(-c3ccccc3)cs2)c1=O. The average molecular weight is 557 g/mol. The minimum atomic E-state index is -0.396. The Bertz CT molecular complexity index is 1880. The molecule has 0 aliphatic carbocycles. The van der Waals surface area contributed by atoms with Crippen LogP contribution in [0.1, 0.15) is 15.9 Å². The number of rotatable bonds is 8. The third-order valence-electron chi connectivity index (χ3n) is 6.38. The number of azo groups is 1. The maximum absolute atomic E-state index is 13.7. The molecular weight excluding hydrogens is 532 g/mol. The lowest BCUT2D eigenvalue weighted by Crippen LogP contribution is -2.22. The average Bonchev–Trinajstić information content (AvgIpc) is 3.65. The van der Waals surface area contributed by atoms with E-state index >= 15 is 0 Å². The Balaban J connectivity index is 1.35. The predicted octanol–water partition coefficient (Wildman–Crippen LogP) is 7.30. The molecule has 2 aromatic heterocycles. The van der Waals surface area contributed by atoms with Crippen LogP contribution >= 0.6 is 11.3 Å². The van der Waals surface area contributed by atoms with Crippen LogP contribution in [0.3, 0.4) is 0 Å². The van der Waals surface area contributed by atoms with Crippen LogP contribution in [0.4, 0.5) is 11.4 Å². The molecule has 6 aromatic rings. The molecule has 1 amide bonds. The first-order chi connectivity index (χ1) is 20.2. The number of H-pyrrole nitrogens is 1. The maximum Gasteiger partial charge on any atom is 0.301 e. The van der Waals surface area contributed by atoms with Gasteiger partial charge in [-0.05, 0) is 17.7 Å². The smallest absolute Gasteiger partial charge is 0.301 e. The lowest BCUT2D eigenvalue weighted by atomic mass is 10.1. The van der Waals surface area contributed by atoms with Crippen LogP contribution in [0.2, 0.25) is 0 Å². The van der Waals surface area contributed by atoms with Gasteiger partial charge >= 0.3 is 5.56 Å². The fourth-order valence-electron chi connectivity index (χ4n) is 4.30. The number of aromatic amines is 1. The topological polar surface area (TPSA) is 104 Å². The Morgan fingerprint density at radius 3 is 2.17 bits per heavy atom. The highest BCUT2D eigenvalue weighted by Gasteiger charge is 2.20. The first kappa shape index (κ1) is 25.8. The molecule has 0 saturated carbocycles. The second-order valence-electron chi connectivity index (χ2n) is 9.11. The second kappa shape index (κ2) is 11.8. The summed E-state index contributed by atoms with van der Waals surface area (Å²) in [5.41, 5.74) is 4.42. The number of nitrogens with zero attached hydrogens (tertiary/aromatic N) is 4. The number of carbonyl (C=O) groups is 1. The molecule has 8 nitrogen and oxygen atoms in total. The highest BCUT2D eigenvalue weighted by atomic mass is 32.1. The van der Waals surface area contributed by atoms with Gasteiger partial charge in [0.2, 0.25) is 5.13 Å². The van der Waals surface area contributed by atoms with Gasteiger partial charge in [-0.2, -0.15) is 4.68 Å². The first-order valence-corrected chi connectivity index (χ1v) is 13.8. The van der Waals surface area contributed by atoms with Gasteiger partial charge in [0.1, 0.15) is 0 Å². The van der Waals surface area contributed by atoms with Crippen LogP contribution in [0.5, 0.6) is 0 Å². The van der Waals surface area contributed by atoms with E-state index in [0.29, 0.717) is 28.6 Å². The monoisotopic (exact) mass is 556 g/mol. The second-order valence-corrected chi connectivity index (χ2v) is 9.95. The molecule has 2 heterocycles. The molecule has 0 aliphatic heterocycles. The van der Waals surface area contributed by atoms with E-state index in [1.165, 1.54) is 16.0 Å². The zero-order valence-corrected chi connectivity index (χ0v) is 22.6. The standard InChI is InChI=1S/C32H24N6O2S/c39-30(33-20-22-12-4-1-5-13-22)25-18-10-11-19-26(25)35-36-29-28(24-16-8-3-9-17-24)37-38(31(29)40)32-34-27(21-41-32)23-14-6-2-7-15-23/h1-19,21,37H,20H2,(H,33,39). The Labute approximate surface area is 239 Å². The van der Waals surface area contributed by atoms with E-state index in [1.54, 1.807) is 24.3 Å². The molecule has 0 atom stereocenters. The summed E-state index contributed by atoms with van der Waals surface area (Å²) in [6.07, 6.45) is 0. The highest BCUT2D eigenvalue weighted by molar-refractivity contribution is 7.12. The van der Waals surface area contributed by atoms with Crippen LogP contribution < -0.4 is 10.9 Å². The van der Waals surface area contributed by atoms with Gasteiger partial charge in [0.15, 0.2) is 5.69 Å². The van der Waals surface area contributed by atoms with Crippen molar-refractivity contribution >= 4 is 28.6 Å². The van der Waals surface area contributed by atoms with Gasteiger partial charge in [0.25, 0.3) is 5.91 Å². The lowest BCUT2D eigenvalue weighted by Gasteiger charge is -2.07. The lowest BCUT2D eigenvalue weighted by molar-refractivity contribution is 0.0951. The van der Waals surface area contributed by atoms with Gasteiger partial charge in [-0.3, -0.25) is 14.7 Å². The van der Waals surface area contributed by atoms with Crippen molar-refractivity contribution in [3.63, 3.8) is 0 Å². The van der Waals surface area contributed by atoms with Gasteiger partial charge in [-0.25, -0.2) is 4.98 Å². The third kappa shape index (κ3) is 5.66. The fourth-order valence-corrected chi connectivity index (χ4v) is 5.09. The number of carbonyl (C=O) groups excluding carboxylic acids is 1. The number of hydrogen-bond acceptors (Lipinski definition) is 6. The van der Waals surface area contributed by atoms with Crippen LogP contribution in [-0.4, -0.2) is 20.7 Å². The maximum atomic E-state index is 13.7. The normalized spacial score (nSPS) is 11.1. The Hall–Kier alpha value is -5.41. The molecule has 0 saturated heterocycles. The van der Waals surface area contributed by atoms with Crippen molar-refractivity contribution in [3.05, 3.63) is 142 Å². The van der Waals surface area contributed by atoms with Gasteiger partial charge in [-0.1, -0.05) is 103 Å². The van der Waals surface area contributed by atoms with Gasteiger partial charge in [0, 0.05) is 23.1 Å². The van der Waals surface area contributed by atoms with Crippen molar-refractivity contribution in [1.82, 2.24) is 20.1 Å². The number of aromatic nitrogens is 3. The van der Waals surface area contributed by atoms with Crippen molar-refractivity contribution < 1.29 is 4.79 Å². The van der Waals surface area contributed by atoms with E-state index in [4.69, 9.17) is 0 Å².